The molecule has 0 bridgehead atoms. The van der Waals surface area contributed by atoms with Crippen LogP contribution < -0.4 is 5.32 Å². The van der Waals surface area contributed by atoms with Gasteiger partial charge < -0.3 is 10.4 Å². The summed E-state index contributed by atoms with van der Waals surface area (Å²) in [5.41, 5.74) is 0. The molecule has 74 valence electrons. The van der Waals surface area contributed by atoms with Crippen LogP contribution in [0.2, 0.25) is 0 Å². The molecule has 1 heterocycles. The predicted molar refractivity (Wildman–Crippen MR) is 56.3 cm³/mol. The fourth-order valence-electron chi connectivity index (χ4n) is 0.901. The van der Waals surface area contributed by atoms with Gasteiger partial charge in [-0.3, -0.25) is 4.79 Å². The Morgan fingerprint density at radius 2 is 2.43 bits per heavy atom. The van der Waals surface area contributed by atoms with E-state index in [2.05, 4.69) is 17.2 Å². The average molecular weight is 209 g/mol. The molecule has 0 aliphatic carbocycles. The second-order valence-electron chi connectivity index (χ2n) is 2.48. The second kappa shape index (κ2) is 5.43. The van der Waals surface area contributed by atoms with Crippen molar-refractivity contribution in [3.8, 4) is 11.8 Å². The lowest BCUT2D eigenvalue weighted by molar-refractivity contribution is 0.0960. The van der Waals surface area contributed by atoms with Gasteiger partial charge in [0.2, 0.25) is 0 Å². The lowest BCUT2D eigenvalue weighted by atomic mass is 10.4. The third kappa shape index (κ3) is 2.87. The number of rotatable bonds is 2. The topological polar surface area (TPSA) is 49.3 Å². The van der Waals surface area contributed by atoms with E-state index in [1.165, 1.54) is 11.3 Å². The molecule has 1 aromatic heterocycles. The number of carbonyl (C=O) groups excluding carboxylic acids is 1. The smallest absolute Gasteiger partial charge is 0.261 e. The molecule has 0 saturated heterocycles. The van der Waals surface area contributed by atoms with Crippen LogP contribution in [0.1, 0.15) is 21.5 Å². The maximum Gasteiger partial charge on any atom is 0.261 e. The van der Waals surface area contributed by atoms with Gasteiger partial charge in [-0.2, -0.15) is 0 Å². The second-order valence-corrected chi connectivity index (χ2v) is 3.57. The van der Waals surface area contributed by atoms with Crippen molar-refractivity contribution in [2.24, 2.45) is 0 Å². The van der Waals surface area contributed by atoms with Crippen LogP contribution in [0.4, 0.5) is 0 Å². The molecule has 0 aliphatic rings. The first-order valence-corrected chi connectivity index (χ1v) is 5.07. The first-order valence-electron chi connectivity index (χ1n) is 4.25. The number of nitrogens with one attached hydrogen (secondary N) is 1. The van der Waals surface area contributed by atoms with Crippen LogP contribution in [0.3, 0.4) is 0 Å². The van der Waals surface area contributed by atoms with Gasteiger partial charge in [0, 0.05) is 6.54 Å². The third-order valence-corrected chi connectivity index (χ3v) is 2.46. The molecule has 0 unspecified atom stereocenters. The van der Waals surface area contributed by atoms with Crippen molar-refractivity contribution < 1.29 is 9.90 Å². The quantitative estimate of drug-likeness (QED) is 0.709. The van der Waals surface area contributed by atoms with E-state index in [1.807, 2.05) is 6.92 Å². The van der Waals surface area contributed by atoms with Gasteiger partial charge in [-0.25, -0.2) is 0 Å². The minimum Gasteiger partial charge on any atom is -0.384 e. The van der Waals surface area contributed by atoms with Gasteiger partial charge in [-0.1, -0.05) is 11.8 Å². The number of amides is 1. The van der Waals surface area contributed by atoms with Gasteiger partial charge in [-0.05, 0) is 19.1 Å². The van der Waals surface area contributed by atoms with Crippen LogP contribution in [0.25, 0.3) is 0 Å². The first-order chi connectivity index (χ1) is 6.77. The van der Waals surface area contributed by atoms with Gasteiger partial charge in [0.15, 0.2) is 0 Å². The first kappa shape index (κ1) is 10.8. The van der Waals surface area contributed by atoms with E-state index in [0.717, 1.165) is 4.88 Å². The SMILES string of the molecule is CCNC(=O)c1ccc(C#CCO)s1. The van der Waals surface area contributed by atoms with Crippen LogP contribution in [0.15, 0.2) is 12.1 Å². The molecular formula is C10H11NO2S. The molecule has 1 amide bonds. The number of carbonyl (C=O) groups is 1. The van der Waals surface area contributed by atoms with Crippen LogP contribution >= 0.6 is 11.3 Å². The third-order valence-electron chi connectivity index (χ3n) is 1.46. The normalized spacial score (nSPS) is 9.00. The zero-order valence-corrected chi connectivity index (χ0v) is 8.65. The summed E-state index contributed by atoms with van der Waals surface area (Å²) in [7, 11) is 0. The summed E-state index contributed by atoms with van der Waals surface area (Å²) in [5, 5.41) is 11.2. The molecule has 0 fully saturated rings. The Labute approximate surface area is 86.8 Å². The number of thiophene rings is 1. The monoisotopic (exact) mass is 209 g/mol. The molecule has 4 heteroatoms. The summed E-state index contributed by atoms with van der Waals surface area (Å²) >= 11 is 1.32. The highest BCUT2D eigenvalue weighted by Crippen LogP contribution is 2.14. The molecule has 0 radical (unpaired) electrons. The average Bonchev–Trinajstić information content (AvgIpc) is 2.63. The van der Waals surface area contributed by atoms with Crippen LogP contribution in [0, 0.1) is 11.8 Å². The highest BCUT2D eigenvalue weighted by atomic mass is 32.1. The molecule has 3 nitrogen and oxygen atoms in total. The Kier molecular flexibility index (Phi) is 4.17. The summed E-state index contributed by atoms with van der Waals surface area (Å²) in [6, 6.07) is 3.51. The van der Waals surface area contributed by atoms with E-state index >= 15 is 0 Å². The Hall–Kier alpha value is -1.31. The summed E-state index contributed by atoms with van der Waals surface area (Å²) in [6.07, 6.45) is 0. The van der Waals surface area contributed by atoms with Crippen molar-refractivity contribution in [2.45, 2.75) is 6.92 Å². The highest BCUT2D eigenvalue weighted by molar-refractivity contribution is 7.14. The standard InChI is InChI=1S/C10H11NO2S/c1-2-11-10(13)9-6-5-8(14-9)4-3-7-12/h5-6,12H,2,7H2,1H3,(H,11,13). The number of aliphatic hydroxyl groups excluding tert-OH is 1. The summed E-state index contributed by atoms with van der Waals surface area (Å²) in [6.45, 7) is 2.33. The van der Waals surface area contributed by atoms with E-state index in [1.54, 1.807) is 12.1 Å². The predicted octanol–water partition coefficient (Wildman–Crippen LogP) is 0.842. The summed E-state index contributed by atoms with van der Waals surface area (Å²) in [5.74, 6) is 5.21. The minimum atomic E-state index is -0.158. The number of aliphatic hydroxyl groups is 1. The van der Waals surface area contributed by atoms with E-state index in [4.69, 9.17) is 5.11 Å². The van der Waals surface area contributed by atoms with Gasteiger partial charge >= 0.3 is 0 Å². The zero-order valence-electron chi connectivity index (χ0n) is 7.83. The summed E-state index contributed by atoms with van der Waals surface area (Å²) < 4.78 is 0. The van der Waals surface area contributed by atoms with E-state index in [0.29, 0.717) is 11.4 Å². The van der Waals surface area contributed by atoms with Crippen LogP contribution in [-0.2, 0) is 0 Å². The van der Waals surface area contributed by atoms with Crippen molar-refractivity contribution in [3.63, 3.8) is 0 Å². The molecule has 0 spiro atoms. The maximum atomic E-state index is 11.3. The van der Waals surface area contributed by atoms with Crippen molar-refractivity contribution in [2.75, 3.05) is 13.2 Å². The molecule has 0 aliphatic heterocycles. The summed E-state index contributed by atoms with van der Waals surface area (Å²) in [4.78, 5) is 12.8. The fraction of sp³-hybridized carbons (Fsp3) is 0.300. The molecule has 1 rings (SSSR count). The van der Waals surface area contributed by atoms with E-state index in [9.17, 15) is 4.79 Å². The largest absolute Gasteiger partial charge is 0.384 e. The molecule has 14 heavy (non-hydrogen) atoms. The minimum absolute atomic E-state index is 0.0745. The Bertz CT molecular complexity index is 373. The Balaban J connectivity index is 2.72. The van der Waals surface area contributed by atoms with Gasteiger partial charge in [0.1, 0.15) is 6.61 Å². The van der Waals surface area contributed by atoms with Gasteiger partial charge in [0.25, 0.3) is 5.91 Å². The van der Waals surface area contributed by atoms with Gasteiger partial charge in [-0.15, -0.1) is 11.3 Å². The highest BCUT2D eigenvalue weighted by Gasteiger charge is 2.06. The molecule has 2 N–H and O–H groups in total. The molecular weight excluding hydrogens is 198 g/mol. The van der Waals surface area contributed by atoms with Crippen LogP contribution in [-0.4, -0.2) is 24.2 Å². The lowest BCUT2D eigenvalue weighted by Gasteiger charge is -1.96. The number of hydrogen-bond acceptors (Lipinski definition) is 3. The van der Waals surface area contributed by atoms with Crippen molar-refractivity contribution in [3.05, 3.63) is 21.9 Å². The molecule has 1 aromatic rings. The van der Waals surface area contributed by atoms with E-state index < -0.39 is 0 Å². The van der Waals surface area contributed by atoms with E-state index in [-0.39, 0.29) is 12.5 Å². The van der Waals surface area contributed by atoms with Crippen molar-refractivity contribution >= 4 is 17.2 Å². The van der Waals surface area contributed by atoms with Gasteiger partial charge in [0.05, 0.1) is 9.75 Å². The zero-order chi connectivity index (χ0) is 10.4. The Morgan fingerprint density at radius 3 is 3.07 bits per heavy atom. The van der Waals surface area contributed by atoms with Crippen molar-refractivity contribution in [1.82, 2.24) is 5.32 Å². The van der Waals surface area contributed by atoms with Crippen LogP contribution in [0.5, 0.6) is 0 Å². The maximum absolute atomic E-state index is 11.3. The molecule has 0 saturated carbocycles. The molecule has 0 aromatic carbocycles. The number of hydrogen-bond donors (Lipinski definition) is 2. The van der Waals surface area contributed by atoms with Crippen molar-refractivity contribution in [1.29, 1.82) is 0 Å². The molecule has 0 atom stereocenters. The fourth-order valence-corrected chi connectivity index (χ4v) is 1.70. The lowest BCUT2D eigenvalue weighted by Crippen LogP contribution is -2.21. The Morgan fingerprint density at radius 1 is 1.64 bits per heavy atom.